The van der Waals surface area contributed by atoms with E-state index in [2.05, 4.69) is 81.4 Å². The fourth-order valence-electron chi connectivity index (χ4n) is 6.02. The van der Waals surface area contributed by atoms with Gasteiger partial charge in [0.25, 0.3) is 5.79 Å². The molecule has 1 aliphatic heterocycles. The van der Waals surface area contributed by atoms with Gasteiger partial charge in [-0.2, -0.15) is 0 Å². The third-order valence-corrected chi connectivity index (χ3v) is 9.73. The number of hydrogen-bond donors (Lipinski definition) is 1. The molecule has 1 N–H and O–H groups in total. The molecular weight excluding hydrogens is 468 g/mol. The summed E-state index contributed by atoms with van der Waals surface area (Å²) in [5.41, 5.74) is 17.6. The third kappa shape index (κ3) is 4.12. The van der Waals surface area contributed by atoms with Crippen LogP contribution in [-0.2, 0) is 21.7 Å². The molecule has 1 heterocycles. The van der Waals surface area contributed by atoms with Gasteiger partial charge >= 0.3 is 5.97 Å². The summed E-state index contributed by atoms with van der Waals surface area (Å²) < 4.78 is 6.03. The van der Waals surface area contributed by atoms with Gasteiger partial charge in [0.1, 0.15) is 0 Å². The first-order chi connectivity index (χ1) is 17.6. The molecule has 0 amide bonds. The van der Waals surface area contributed by atoms with Crippen molar-refractivity contribution in [1.82, 2.24) is 0 Å². The van der Waals surface area contributed by atoms with E-state index in [0.29, 0.717) is 23.1 Å². The summed E-state index contributed by atoms with van der Waals surface area (Å²) in [6.45, 7) is 25.2. The summed E-state index contributed by atoms with van der Waals surface area (Å²) in [7, 11) is 0. The van der Waals surface area contributed by atoms with Crippen molar-refractivity contribution < 1.29 is 14.6 Å². The topological polar surface area (TPSA) is 46.5 Å². The van der Waals surface area contributed by atoms with Crippen LogP contribution in [0.3, 0.4) is 0 Å². The summed E-state index contributed by atoms with van der Waals surface area (Å²) in [5, 5.41) is 12.5. The van der Waals surface area contributed by atoms with Crippen LogP contribution < -0.4 is 0 Å². The Morgan fingerprint density at radius 2 is 1.05 bits per heavy atom. The maximum Gasteiger partial charge on any atom is 0.342 e. The minimum atomic E-state index is -1.85. The van der Waals surface area contributed by atoms with Crippen LogP contribution in [0.15, 0.2) is 23.8 Å². The molecule has 3 aromatic rings. The number of rotatable bonds is 4. The third-order valence-electron chi connectivity index (χ3n) is 9.73. The molecule has 1 unspecified atom stereocenters. The number of aryl methyl sites for hydroxylation is 3. The molecule has 0 fully saturated rings. The van der Waals surface area contributed by atoms with E-state index in [1.54, 1.807) is 0 Å². The fraction of sp³-hybridized carbons (Fsp3) is 0.400. The van der Waals surface area contributed by atoms with Crippen LogP contribution in [-0.4, -0.2) is 11.1 Å². The Kier molecular flexibility index (Phi) is 6.99. The second kappa shape index (κ2) is 9.54. The molecule has 0 aliphatic carbocycles. The SMILES string of the molecule is Cc1cc(C2=C(Cc3c(C)c(C)c(C)c(C)c3C)C(O)(c3cc(C)c(C)c(C)c3C)OC2=O)cc(C)c1C. The average molecular weight is 511 g/mol. The van der Waals surface area contributed by atoms with Crippen molar-refractivity contribution in [3.8, 4) is 0 Å². The van der Waals surface area contributed by atoms with Crippen molar-refractivity contribution in [3.63, 3.8) is 0 Å². The Morgan fingerprint density at radius 3 is 1.58 bits per heavy atom. The Balaban J connectivity index is 2.10. The molecule has 0 saturated carbocycles. The molecule has 0 radical (unpaired) electrons. The monoisotopic (exact) mass is 510 g/mol. The van der Waals surface area contributed by atoms with Crippen LogP contribution in [0.5, 0.6) is 0 Å². The molecule has 38 heavy (non-hydrogen) atoms. The Morgan fingerprint density at radius 1 is 0.605 bits per heavy atom. The molecular formula is C35H42O3. The van der Waals surface area contributed by atoms with Gasteiger partial charge in [0.2, 0.25) is 0 Å². The van der Waals surface area contributed by atoms with Crippen LogP contribution in [0.1, 0.15) is 83.5 Å². The smallest absolute Gasteiger partial charge is 0.342 e. The first-order valence-electron chi connectivity index (χ1n) is 13.5. The van der Waals surface area contributed by atoms with Gasteiger partial charge in [-0.05, 0) is 167 Å². The van der Waals surface area contributed by atoms with Gasteiger partial charge in [0.05, 0.1) is 5.57 Å². The zero-order chi connectivity index (χ0) is 28.4. The lowest BCUT2D eigenvalue weighted by molar-refractivity contribution is -0.185. The lowest BCUT2D eigenvalue weighted by atomic mass is 9.80. The second-order valence-corrected chi connectivity index (χ2v) is 11.5. The molecule has 1 atom stereocenters. The maximum atomic E-state index is 13.7. The van der Waals surface area contributed by atoms with E-state index in [-0.39, 0.29) is 0 Å². The number of esters is 1. The minimum Gasteiger partial charge on any atom is -0.421 e. The quantitative estimate of drug-likeness (QED) is 0.365. The van der Waals surface area contributed by atoms with Crippen LogP contribution in [0.25, 0.3) is 5.57 Å². The van der Waals surface area contributed by atoms with Gasteiger partial charge in [0.15, 0.2) is 0 Å². The fourth-order valence-corrected chi connectivity index (χ4v) is 6.02. The molecule has 3 nitrogen and oxygen atoms in total. The number of aliphatic hydroxyl groups is 1. The second-order valence-electron chi connectivity index (χ2n) is 11.5. The minimum absolute atomic E-state index is 0.425. The van der Waals surface area contributed by atoms with Gasteiger partial charge < -0.3 is 9.84 Å². The van der Waals surface area contributed by atoms with E-state index in [0.717, 1.165) is 38.9 Å². The zero-order valence-electron chi connectivity index (χ0n) is 25.2. The molecule has 0 saturated heterocycles. The van der Waals surface area contributed by atoms with Crippen LogP contribution in [0.4, 0.5) is 0 Å². The number of carbonyl (C=O) groups is 1. The number of carbonyl (C=O) groups excluding carboxylic acids is 1. The number of ether oxygens (including phenoxy) is 1. The normalized spacial score (nSPS) is 17.4. The average Bonchev–Trinajstić information content (AvgIpc) is 3.12. The van der Waals surface area contributed by atoms with E-state index in [1.807, 2.05) is 19.9 Å². The number of hydrogen-bond acceptors (Lipinski definition) is 3. The summed E-state index contributed by atoms with van der Waals surface area (Å²) >= 11 is 0. The van der Waals surface area contributed by atoms with Crippen molar-refractivity contribution in [2.45, 2.75) is 95.3 Å². The van der Waals surface area contributed by atoms with Gasteiger partial charge in [-0.25, -0.2) is 4.79 Å². The van der Waals surface area contributed by atoms with Crippen molar-refractivity contribution in [1.29, 1.82) is 0 Å². The lowest BCUT2D eigenvalue weighted by Gasteiger charge is -2.30. The highest BCUT2D eigenvalue weighted by molar-refractivity contribution is 6.20. The predicted molar refractivity (Wildman–Crippen MR) is 157 cm³/mol. The van der Waals surface area contributed by atoms with Crippen molar-refractivity contribution in [3.05, 3.63) is 107 Å². The Bertz CT molecular complexity index is 1500. The summed E-state index contributed by atoms with van der Waals surface area (Å²) in [5.74, 6) is -2.32. The first-order valence-corrected chi connectivity index (χ1v) is 13.5. The molecule has 0 aromatic heterocycles. The number of cyclic esters (lactones) is 1. The standard InChI is InChI=1S/C35H42O3/c1-17-13-29(14-18(2)20(17)4)33-32(16-30-26(10)24(8)23(7)25(9)27(30)11)35(37,38-34(33)36)31-15-19(3)21(5)22(6)28(31)12/h13-15,37H,16H2,1-12H3. The summed E-state index contributed by atoms with van der Waals surface area (Å²) in [6.07, 6.45) is 0.425. The molecule has 1 aliphatic rings. The van der Waals surface area contributed by atoms with E-state index in [4.69, 9.17) is 4.74 Å². The van der Waals surface area contributed by atoms with E-state index in [9.17, 15) is 9.90 Å². The van der Waals surface area contributed by atoms with Crippen LogP contribution in [0, 0.1) is 83.1 Å². The zero-order valence-corrected chi connectivity index (χ0v) is 25.2. The molecule has 4 rings (SSSR count). The lowest BCUT2D eigenvalue weighted by Crippen LogP contribution is -2.31. The Labute approximate surface area is 228 Å². The summed E-state index contributed by atoms with van der Waals surface area (Å²) in [6, 6.07) is 6.09. The van der Waals surface area contributed by atoms with Crippen molar-refractivity contribution >= 4 is 11.5 Å². The van der Waals surface area contributed by atoms with E-state index >= 15 is 0 Å². The van der Waals surface area contributed by atoms with Crippen molar-refractivity contribution in [2.24, 2.45) is 0 Å². The molecule has 200 valence electrons. The highest BCUT2D eigenvalue weighted by Crippen LogP contribution is 2.47. The summed E-state index contributed by atoms with van der Waals surface area (Å²) in [4.78, 5) is 13.7. The van der Waals surface area contributed by atoms with Gasteiger partial charge in [-0.1, -0.05) is 12.1 Å². The van der Waals surface area contributed by atoms with Crippen molar-refractivity contribution in [2.75, 3.05) is 0 Å². The van der Waals surface area contributed by atoms with E-state index < -0.39 is 11.8 Å². The first kappa shape index (κ1) is 27.9. The number of benzene rings is 3. The molecule has 3 aromatic carbocycles. The van der Waals surface area contributed by atoms with Gasteiger partial charge in [-0.15, -0.1) is 0 Å². The highest BCUT2D eigenvalue weighted by Gasteiger charge is 2.49. The van der Waals surface area contributed by atoms with Crippen LogP contribution in [0.2, 0.25) is 0 Å². The largest absolute Gasteiger partial charge is 0.421 e. The highest BCUT2D eigenvalue weighted by atomic mass is 16.7. The maximum absolute atomic E-state index is 13.7. The van der Waals surface area contributed by atoms with E-state index in [1.165, 1.54) is 38.9 Å². The van der Waals surface area contributed by atoms with Gasteiger partial charge in [-0.3, -0.25) is 0 Å². The molecule has 3 heteroatoms. The van der Waals surface area contributed by atoms with Crippen LogP contribution >= 0.6 is 0 Å². The predicted octanol–water partition coefficient (Wildman–Crippen LogP) is 7.79. The Hall–Kier alpha value is -3.17. The molecule has 0 spiro atoms. The van der Waals surface area contributed by atoms with Gasteiger partial charge in [0, 0.05) is 17.6 Å². The molecule has 0 bridgehead atoms.